The van der Waals surface area contributed by atoms with Crippen LogP contribution in [0.15, 0.2) is 48.5 Å². The molecule has 1 aliphatic rings. The lowest BCUT2D eigenvalue weighted by Crippen LogP contribution is -2.49. The van der Waals surface area contributed by atoms with Gasteiger partial charge in [0.15, 0.2) is 0 Å². The number of rotatable bonds is 8. The number of amides is 1. The van der Waals surface area contributed by atoms with Gasteiger partial charge in [-0.15, -0.1) is 12.4 Å². The van der Waals surface area contributed by atoms with Crippen LogP contribution in [0.3, 0.4) is 0 Å². The maximum atomic E-state index is 12.6. The van der Waals surface area contributed by atoms with Crippen LogP contribution in [-0.4, -0.2) is 51.2 Å². The van der Waals surface area contributed by atoms with E-state index in [9.17, 15) is 4.79 Å². The van der Waals surface area contributed by atoms with Gasteiger partial charge in [0.1, 0.15) is 5.75 Å². The zero-order chi connectivity index (χ0) is 19.8. The van der Waals surface area contributed by atoms with Gasteiger partial charge in [-0.1, -0.05) is 42.5 Å². The third-order valence-corrected chi connectivity index (χ3v) is 5.02. The molecule has 1 atom stereocenters. The fourth-order valence-corrected chi connectivity index (χ4v) is 3.55. The van der Waals surface area contributed by atoms with Crippen LogP contribution in [0.2, 0.25) is 0 Å². The molecular weight excluding hydrogens is 390 g/mol. The Kier molecular flexibility index (Phi) is 9.41. The summed E-state index contributed by atoms with van der Waals surface area (Å²) in [6.45, 7) is 3.99. The molecule has 1 unspecified atom stereocenters. The molecule has 1 heterocycles. The van der Waals surface area contributed by atoms with E-state index in [1.165, 1.54) is 0 Å². The minimum Gasteiger partial charge on any atom is -0.496 e. The van der Waals surface area contributed by atoms with Crippen LogP contribution < -0.4 is 15.4 Å². The smallest absolute Gasteiger partial charge is 0.234 e. The van der Waals surface area contributed by atoms with Gasteiger partial charge in [-0.25, -0.2) is 0 Å². The fourth-order valence-electron chi connectivity index (χ4n) is 3.55. The molecule has 1 fully saturated rings. The van der Waals surface area contributed by atoms with Gasteiger partial charge >= 0.3 is 0 Å². The molecule has 0 radical (unpaired) electrons. The number of nitrogens with zero attached hydrogens (tertiary/aromatic N) is 1. The van der Waals surface area contributed by atoms with Crippen molar-refractivity contribution in [3.05, 3.63) is 65.2 Å². The number of hydrogen-bond donors (Lipinski definition) is 2. The van der Waals surface area contributed by atoms with Crippen molar-refractivity contribution >= 4 is 18.3 Å². The third kappa shape index (κ3) is 6.44. The quantitative estimate of drug-likeness (QED) is 0.688. The Bertz CT molecular complexity index is 770. The second-order valence-corrected chi connectivity index (χ2v) is 6.96. The normalized spacial score (nSPS) is 16.7. The van der Waals surface area contributed by atoms with Crippen LogP contribution in [0.5, 0.6) is 5.75 Å². The Morgan fingerprint density at radius 1 is 1.14 bits per heavy atom. The number of halogens is 1. The molecule has 7 heteroatoms. The number of methoxy groups -OCH3 is 2. The van der Waals surface area contributed by atoms with Crippen LogP contribution in [0.4, 0.5) is 0 Å². The molecule has 1 amide bonds. The Balaban J connectivity index is 0.00000300. The van der Waals surface area contributed by atoms with Crippen LogP contribution in [0.25, 0.3) is 0 Å². The molecule has 158 valence electrons. The minimum absolute atomic E-state index is 0. The van der Waals surface area contributed by atoms with E-state index in [1.807, 2.05) is 42.5 Å². The second-order valence-electron chi connectivity index (χ2n) is 6.96. The van der Waals surface area contributed by atoms with Gasteiger partial charge in [0.2, 0.25) is 5.91 Å². The number of hydrogen-bond acceptors (Lipinski definition) is 5. The summed E-state index contributed by atoms with van der Waals surface area (Å²) < 4.78 is 10.6. The molecule has 2 aromatic carbocycles. The molecule has 0 saturated carbocycles. The summed E-state index contributed by atoms with van der Waals surface area (Å²) in [6, 6.07) is 16.2. The largest absolute Gasteiger partial charge is 0.496 e. The maximum Gasteiger partial charge on any atom is 0.234 e. The molecule has 0 aliphatic carbocycles. The Morgan fingerprint density at radius 2 is 1.86 bits per heavy atom. The molecule has 29 heavy (non-hydrogen) atoms. The van der Waals surface area contributed by atoms with Crippen LogP contribution in [0.1, 0.15) is 22.7 Å². The molecule has 0 bridgehead atoms. The van der Waals surface area contributed by atoms with Crippen molar-refractivity contribution in [2.75, 3.05) is 40.4 Å². The lowest BCUT2D eigenvalue weighted by atomic mass is 10.0. The highest BCUT2D eigenvalue weighted by Crippen LogP contribution is 2.29. The second kappa shape index (κ2) is 11.8. The first-order valence-corrected chi connectivity index (χ1v) is 9.62. The van der Waals surface area contributed by atoms with E-state index in [2.05, 4.69) is 21.6 Å². The molecule has 1 saturated heterocycles. The van der Waals surface area contributed by atoms with E-state index in [1.54, 1.807) is 14.2 Å². The van der Waals surface area contributed by atoms with Crippen molar-refractivity contribution in [2.24, 2.45) is 0 Å². The molecule has 2 aromatic rings. The molecule has 1 aliphatic heterocycles. The molecule has 0 aromatic heterocycles. The van der Waals surface area contributed by atoms with Gasteiger partial charge in [-0.3, -0.25) is 9.69 Å². The molecule has 3 rings (SSSR count). The molecule has 2 N–H and O–H groups in total. The van der Waals surface area contributed by atoms with Crippen LogP contribution >= 0.6 is 12.4 Å². The summed E-state index contributed by atoms with van der Waals surface area (Å²) >= 11 is 0. The standard InChI is InChI=1S/C22H29N3O3.ClH/c1-27-16-18-9-7-17(8-10-18)13-24-22(26)15-25-12-11-23-14-20(25)19-5-3-4-6-21(19)28-2;/h3-10,20,23H,11-16H2,1-2H3,(H,24,26);1H. The van der Waals surface area contributed by atoms with Crippen molar-refractivity contribution in [3.8, 4) is 5.75 Å². The minimum atomic E-state index is 0. The Labute approximate surface area is 179 Å². The SMILES string of the molecule is COCc1ccc(CNC(=O)CN2CCNCC2c2ccccc2OC)cc1.Cl. The summed E-state index contributed by atoms with van der Waals surface area (Å²) in [7, 11) is 3.37. The number of piperazine rings is 1. The lowest BCUT2D eigenvalue weighted by molar-refractivity contribution is -0.123. The van der Waals surface area contributed by atoms with Crippen molar-refractivity contribution in [2.45, 2.75) is 19.2 Å². The van der Waals surface area contributed by atoms with Crippen molar-refractivity contribution < 1.29 is 14.3 Å². The van der Waals surface area contributed by atoms with Gasteiger partial charge in [-0.05, 0) is 17.2 Å². The average molecular weight is 420 g/mol. The maximum absolute atomic E-state index is 12.6. The predicted molar refractivity (Wildman–Crippen MR) is 116 cm³/mol. The Morgan fingerprint density at radius 3 is 2.59 bits per heavy atom. The van der Waals surface area contributed by atoms with Gasteiger partial charge in [0.25, 0.3) is 0 Å². The average Bonchev–Trinajstić information content (AvgIpc) is 2.74. The molecule has 0 spiro atoms. The van der Waals surface area contributed by atoms with E-state index in [-0.39, 0.29) is 24.4 Å². The molecule has 6 nitrogen and oxygen atoms in total. The monoisotopic (exact) mass is 419 g/mol. The number of carbonyl (C=O) groups excluding carboxylic acids is 1. The van der Waals surface area contributed by atoms with E-state index in [4.69, 9.17) is 9.47 Å². The summed E-state index contributed by atoms with van der Waals surface area (Å²) in [5, 5.41) is 6.46. The van der Waals surface area contributed by atoms with Gasteiger partial charge in [0.05, 0.1) is 26.3 Å². The number of nitrogens with one attached hydrogen (secondary N) is 2. The summed E-state index contributed by atoms with van der Waals surface area (Å²) in [6.07, 6.45) is 0. The van der Waals surface area contributed by atoms with E-state index >= 15 is 0 Å². The van der Waals surface area contributed by atoms with E-state index < -0.39 is 0 Å². The third-order valence-electron chi connectivity index (χ3n) is 5.02. The van der Waals surface area contributed by atoms with Crippen LogP contribution in [0, 0.1) is 0 Å². The van der Waals surface area contributed by atoms with Crippen molar-refractivity contribution in [1.82, 2.24) is 15.5 Å². The topological polar surface area (TPSA) is 62.8 Å². The highest BCUT2D eigenvalue weighted by Gasteiger charge is 2.27. The van der Waals surface area contributed by atoms with E-state index in [0.717, 1.165) is 42.1 Å². The first-order chi connectivity index (χ1) is 13.7. The zero-order valence-electron chi connectivity index (χ0n) is 17.0. The summed E-state index contributed by atoms with van der Waals surface area (Å²) in [5.41, 5.74) is 3.31. The number of benzene rings is 2. The Hall–Kier alpha value is -2.12. The van der Waals surface area contributed by atoms with Crippen molar-refractivity contribution in [1.29, 1.82) is 0 Å². The van der Waals surface area contributed by atoms with Gasteiger partial charge in [-0.2, -0.15) is 0 Å². The van der Waals surface area contributed by atoms with Crippen LogP contribution in [-0.2, 0) is 22.7 Å². The number of para-hydroxylation sites is 1. The summed E-state index contributed by atoms with van der Waals surface area (Å²) in [5.74, 6) is 0.889. The first kappa shape index (κ1) is 23.2. The first-order valence-electron chi connectivity index (χ1n) is 9.62. The zero-order valence-corrected chi connectivity index (χ0v) is 17.8. The fraction of sp³-hybridized carbons (Fsp3) is 0.409. The van der Waals surface area contributed by atoms with Gasteiger partial charge < -0.3 is 20.1 Å². The number of carbonyl (C=O) groups is 1. The lowest BCUT2D eigenvalue weighted by Gasteiger charge is -2.36. The van der Waals surface area contributed by atoms with E-state index in [0.29, 0.717) is 19.7 Å². The molecular formula is C22H30ClN3O3. The number of ether oxygens (including phenoxy) is 2. The highest BCUT2D eigenvalue weighted by atomic mass is 35.5. The highest BCUT2D eigenvalue weighted by molar-refractivity contribution is 5.85. The van der Waals surface area contributed by atoms with Gasteiger partial charge in [0, 0.05) is 38.9 Å². The predicted octanol–water partition coefficient (Wildman–Crippen LogP) is 2.53. The van der Waals surface area contributed by atoms with Crippen molar-refractivity contribution in [3.63, 3.8) is 0 Å². The summed E-state index contributed by atoms with van der Waals surface area (Å²) in [4.78, 5) is 14.8.